The number of methoxy groups -OCH3 is 1. The molecule has 0 spiro atoms. The predicted molar refractivity (Wildman–Crippen MR) is 64.0 cm³/mol. The van der Waals surface area contributed by atoms with E-state index in [-0.39, 0.29) is 24.5 Å². The highest BCUT2D eigenvalue weighted by atomic mass is 16.5. The van der Waals surface area contributed by atoms with Crippen LogP contribution in [0.25, 0.3) is 0 Å². The van der Waals surface area contributed by atoms with Crippen molar-refractivity contribution in [2.75, 3.05) is 20.8 Å². The maximum absolute atomic E-state index is 11.7. The molecule has 2 unspecified atom stereocenters. The van der Waals surface area contributed by atoms with Crippen molar-refractivity contribution in [3.8, 4) is 0 Å². The molecule has 2 amide bonds. The van der Waals surface area contributed by atoms with Gasteiger partial charge in [-0.3, -0.25) is 4.79 Å². The van der Waals surface area contributed by atoms with Crippen molar-refractivity contribution in [2.24, 2.45) is 0 Å². The number of carboxylic acids is 1. The summed E-state index contributed by atoms with van der Waals surface area (Å²) >= 11 is 0. The molecule has 2 N–H and O–H groups in total. The van der Waals surface area contributed by atoms with Gasteiger partial charge in [-0.05, 0) is 20.3 Å². The Labute approximate surface area is 102 Å². The van der Waals surface area contributed by atoms with Gasteiger partial charge in [0.05, 0.1) is 12.6 Å². The average molecular weight is 246 g/mol. The van der Waals surface area contributed by atoms with E-state index in [1.807, 2.05) is 6.92 Å². The topological polar surface area (TPSA) is 78.9 Å². The van der Waals surface area contributed by atoms with Crippen LogP contribution in [0, 0.1) is 0 Å². The molecule has 100 valence electrons. The van der Waals surface area contributed by atoms with Crippen molar-refractivity contribution in [3.63, 3.8) is 0 Å². The van der Waals surface area contributed by atoms with Crippen LogP contribution in [0.15, 0.2) is 0 Å². The molecule has 0 aliphatic rings. The summed E-state index contributed by atoms with van der Waals surface area (Å²) in [6.07, 6.45) is 0.479. The van der Waals surface area contributed by atoms with Crippen molar-refractivity contribution in [2.45, 2.75) is 38.8 Å². The Hall–Kier alpha value is -1.30. The number of aliphatic carboxylic acids is 1. The summed E-state index contributed by atoms with van der Waals surface area (Å²) in [4.78, 5) is 23.6. The third-order valence-corrected chi connectivity index (χ3v) is 2.55. The summed E-state index contributed by atoms with van der Waals surface area (Å²) in [5.41, 5.74) is 0. The predicted octanol–water partition coefficient (Wildman–Crippen LogP) is 0.916. The van der Waals surface area contributed by atoms with Gasteiger partial charge in [0, 0.05) is 26.6 Å². The standard InChI is InChI=1S/C11H22N2O4/c1-8(5-6-10(14)15)12-11(16)13(3)9(2)7-17-4/h8-9H,5-7H2,1-4H3,(H,12,16)(H,14,15). The lowest BCUT2D eigenvalue weighted by Crippen LogP contribution is -2.47. The number of amides is 2. The van der Waals surface area contributed by atoms with Gasteiger partial charge in [-0.25, -0.2) is 4.79 Å². The van der Waals surface area contributed by atoms with Gasteiger partial charge in [-0.15, -0.1) is 0 Å². The van der Waals surface area contributed by atoms with Gasteiger partial charge in [0.2, 0.25) is 0 Å². The summed E-state index contributed by atoms with van der Waals surface area (Å²) < 4.78 is 4.96. The third-order valence-electron chi connectivity index (χ3n) is 2.55. The zero-order valence-electron chi connectivity index (χ0n) is 10.9. The molecular weight excluding hydrogens is 224 g/mol. The van der Waals surface area contributed by atoms with Crippen molar-refractivity contribution >= 4 is 12.0 Å². The Morgan fingerprint density at radius 3 is 2.47 bits per heavy atom. The van der Waals surface area contributed by atoms with Gasteiger partial charge in [-0.1, -0.05) is 0 Å². The van der Waals surface area contributed by atoms with E-state index in [9.17, 15) is 9.59 Å². The third kappa shape index (κ3) is 6.78. The van der Waals surface area contributed by atoms with E-state index in [1.165, 1.54) is 0 Å². The highest BCUT2D eigenvalue weighted by molar-refractivity contribution is 5.74. The van der Waals surface area contributed by atoms with Gasteiger partial charge in [0.15, 0.2) is 0 Å². The largest absolute Gasteiger partial charge is 0.481 e. The molecule has 0 rings (SSSR count). The number of hydrogen-bond acceptors (Lipinski definition) is 3. The van der Waals surface area contributed by atoms with Crippen LogP contribution in [0.2, 0.25) is 0 Å². The van der Waals surface area contributed by atoms with Gasteiger partial charge >= 0.3 is 12.0 Å². The summed E-state index contributed by atoms with van der Waals surface area (Å²) in [6.45, 7) is 4.13. The van der Waals surface area contributed by atoms with E-state index in [4.69, 9.17) is 9.84 Å². The van der Waals surface area contributed by atoms with Crippen molar-refractivity contribution in [1.82, 2.24) is 10.2 Å². The van der Waals surface area contributed by atoms with Gasteiger partial charge < -0.3 is 20.1 Å². The Kier molecular flexibility index (Phi) is 7.29. The number of carbonyl (C=O) groups excluding carboxylic acids is 1. The SMILES string of the molecule is COCC(C)N(C)C(=O)NC(C)CCC(=O)O. The minimum atomic E-state index is -0.854. The molecule has 0 aromatic heterocycles. The molecule has 0 radical (unpaired) electrons. The molecule has 0 bridgehead atoms. The molecule has 17 heavy (non-hydrogen) atoms. The molecule has 0 saturated heterocycles. The lowest BCUT2D eigenvalue weighted by Gasteiger charge is -2.26. The first-order chi connectivity index (χ1) is 7.88. The van der Waals surface area contributed by atoms with E-state index in [0.717, 1.165) is 0 Å². The number of rotatable bonds is 7. The molecule has 0 saturated carbocycles. The Bertz CT molecular complexity index is 258. The second kappa shape index (κ2) is 7.89. The second-order valence-electron chi connectivity index (χ2n) is 4.20. The molecule has 0 aliphatic carbocycles. The van der Waals surface area contributed by atoms with Crippen LogP contribution >= 0.6 is 0 Å². The van der Waals surface area contributed by atoms with E-state index < -0.39 is 5.97 Å². The van der Waals surface area contributed by atoms with Crippen molar-refractivity contribution in [1.29, 1.82) is 0 Å². The van der Waals surface area contributed by atoms with Crippen LogP contribution in [-0.2, 0) is 9.53 Å². The van der Waals surface area contributed by atoms with Crippen LogP contribution in [-0.4, -0.2) is 54.9 Å². The molecule has 0 aromatic carbocycles. The molecule has 0 aliphatic heterocycles. The number of nitrogens with zero attached hydrogens (tertiary/aromatic N) is 1. The Morgan fingerprint density at radius 2 is 2.00 bits per heavy atom. The van der Waals surface area contributed by atoms with Crippen LogP contribution < -0.4 is 5.32 Å². The molecule has 0 heterocycles. The van der Waals surface area contributed by atoms with Crippen LogP contribution in [0.5, 0.6) is 0 Å². The Morgan fingerprint density at radius 1 is 1.41 bits per heavy atom. The zero-order chi connectivity index (χ0) is 13.4. The number of nitrogens with one attached hydrogen (secondary N) is 1. The summed E-state index contributed by atoms with van der Waals surface area (Å²) in [5, 5.41) is 11.3. The normalized spacial score (nSPS) is 13.9. The molecular formula is C11H22N2O4. The van der Waals surface area contributed by atoms with E-state index in [0.29, 0.717) is 13.0 Å². The fourth-order valence-electron chi connectivity index (χ4n) is 1.28. The van der Waals surface area contributed by atoms with Gasteiger partial charge in [0.25, 0.3) is 0 Å². The monoisotopic (exact) mass is 246 g/mol. The summed E-state index contributed by atoms with van der Waals surface area (Å²) in [7, 11) is 3.26. The van der Waals surface area contributed by atoms with E-state index in [1.54, 1.807) is 26.0 Å². The van der Waals surface area contributed by atoms with Gasteiger partial charge in [-0.2, -0.15) is 0 Å². The average Bonchev–Trinajstić information content (AvgIpc) is 2.25. The first kappa shape index (κ1) is 15.7. The molecule has 2 atom stereocenters. The smallest absolute Gasteiger partial charge is 0.317 e. The van der Waals surface area contributed by atoms with Crippen molar-refractivity contribution in [3.05, 3.63) is 0 Å². The molecule has 0 fully saturated rings. The van der Waals surface area contributed by atoms with Crippen molar-refractivity contribution < 1.29 is 19.4 Å². The number of carboxylic acid groups (broad SMARTS) is 1. The number of urea groups is 1. The summed E-state index contributed by atoms with van der Waals surface area (Å²) in [6, 6.07) is -0.394. The Balaban J connectivity index is 4.02. The molecule has 6 heteroatoms. The lowest BCUT2D eigenvalue weighted by molar-refractivity contribution is -0.137. The fraction of sp³-hybridized carbons (Fsp3) is 0.818. The second-order valence-corrected chi connectivity index (χ2v) is 4.20. The van der Waals surface area contributed by atoms with Crippen LogP contribution in [0.1, 0.15) is 26.7 Å². The maximum Gasteiger partial charge on any atom is 0.317 e. The first-order valence-corrected chi connectivity index (χ1v) is 5.62. The zero-order valence-corrected chi connectivity index (χ0v) is 10.9. The quantitative estimate of drug-likeness (QED) is 0.700. The number of carbonyl (C=O) groups is 2. The van der Waals surface area contributed by atoms with E-state index in [2.05, 4.69) is 5.32 Å². The lowest BCUT2D eigenvalue weighted by atomic mass is 10.2. The summed E-state index contributed by atoms with van der Waals surface area (Å²) in [5.74, 6) is -0.854. The minimum absolute atomic E-state index is 0.0216. The highest BCUT2D eigenvalue weighted by Crippen LogP contribution is 2.00. The van der Waals surface area contributed by atoms with Gasteiger partial charge in [0.1, 0.15) is 0 Å². The van der Waals surface area contributed by atoms with Crippen LogP contribution in [0.3, 0.4) is 0 Å². The highest BCUT2D eigenvalue weighted by Gasteiger charge is 2.17. The molecule has 0 aromatic rings. The van der Waals surface area contributed by atoms with Crippen LogP contribution in [0.4, 0.5) is 4.79 Å². The first-order valence-electron chi connectivity index (χ1n) is 5.62. The fourth-order valence-corrected chi connectivity index (χ4v) is 1.28. The number of ether oxygens (including phenoxy) is 1. The maximum atomic E-state index is 11.7. The number of likely N-dealkylation sites (N-methyl/N-ethyl adjacent to an activating group) is 1. The van der Waals surface area contributed by atoms with E-state index >= 15 is 0 Å². The number of hydrogen-bond donors (Lipinski definition) is 2. The molecule has 6 nitrogen and oxygen atoms in total. The minimum Gasteiger partial charge on any atom is -0.481 e.